The predicted octanol–water partition coefficient (Wildman–Crippen LogP) is 3.02. The Morgan fingerprint density at radius 1 is 1.16 bits per heavy atom. The van der Waals surface area contributed by atoms with Crippen LogP contribution in [0.5, 0.6) is 0 Å². The van der Waals surface area contributed by atoms with Gasteiger partial charge in [-0.05, 0) is 25.0 Å². The number of fused-ring (bicyclic) bond motifs is 1. The van der Waals surface area contributed by atoms with Gasteiger partial charge in [0.1, 0.15) is 13.3 Å². The molecule has 4 heterocycles. The summed E-state index contributed by atoms with van der Waals surface area (Å²) in [6, 6.07) is 3.09. The summed E-state index contributed by atoms with van der Waals surface area (Å²) >= 11 is 0. The van der Waals surface area contributed by atoms with Gasteiger partial charge in [0.25, 0.3) is 0 Å². The molecule has 0 saturated carbocycles. The molecule has 4 rings (SSSR count). The molecule has 0 atom stereocenters. The second-order valence-electron chi connectivity index (χ2n) is 7.84. The number of oxazole rings is 1. The molecule has 1 N–H and O–H groups in total. The molecule has 1 saturated heterocycles. The molecule has 0 radical (unpaired) electrons. The molecule has 31 heavy (non-hydrogen) atoms. The third-order valence-electron chi connectivity index (χ3n) is 5.55. The van der Waals surface area contributed by atoms with E-state index in [0.717, 1.165) is 16.5 Å². The lowest BCUT2D eigenvalue weighted by molar-refractivity contribution is -0.131. The molecule has 0 bridgehead atoms. The first-order valence-electron chi connectivity index (χ1n) is 10.4. The Morgan fingerprint density at radius 2 is 1.94 bits per heavy atom. The number of nitrogens with one attached hydrogen (secondary N) is 1. The number of aromatic nitrogens is 3. The monoisotopic (exact) mass is 429 g/mol. The molecule has 1 fully saturated rings. The summed E-state index contributed by atoms with van der Waals surface area (Å²) in [5.41, 5.74) is 2.21. The van der Waals surface area contributed by atoms with E-state index in [-0.39, 0.29) is 18.4 Å². The Morgan fingerprint density at radius 3 is 2.61 bits per heavy atom. The molecule has 7 nitrogen and oxygen atoms in total. The second kappa shape index (κ2) is 9.47. The molecule has 3 aromatic heterocycles. The minimum Gasteiger partial charge on any atom is -0.441 e. The van der Waals surface area contributed by atoms with Crippen molar-refractivity contribution in [1.82, 2.24) is 25.2 Å². The molecule has 0 spiro atoms. The number of carbonyl (C=O) groups excluding carboxylic acids is 1. The number of nitrogens with zero attached hydrogens (tertiary/aromatic N) is 4. The Labute approximate surface area is 178 Å². The maximum absolute atomic E-state index is 12.7. The highest BCUT2D eigenvalue weighted by Crippen LogP contribution is 2.24. The van der Waals surface area contributed by atoms with Gasteiger partial charge in [-0.1, -0.05) is 0 Å². The average Bonchev–Trinajstić information content (AvgIpc) is 3.23. The van der Waals surface area contributed by atoms with E-state index in [1.54, 1.807) is 30.4 Å². The van der Waals surface area contributed by atoms with Crippen molar-refractivity contribution in [3.63, 3.8) is 0 Å². The smallest absolute Gasteiger partial charge is 0.228 e. The van der Waals surface area contributed by atoms with Gasteiger partial charge in [0, 0.05) is 43.2 Å². The highest BCUT2D eigenvalue weighted by molar-refractivity contribution is 5.84. The van der Waals surface area contributed by atoms with Crippen LogP contribution < -0.4 is 5.32 Å². The van der Waals surface area contributed by atoms with Crippen LogP contribution >= 0.6 is 0 Å². The summed E-state index contributed by atoms with van der Waals surface area (Å²) < 4.78 is 31.0. The molecule has 1 amide bonds. The quantitative estimate of drug-likeness (QED) is 0.622. The van der Waals surface area contributed by atoms with Crippen LogP contribution in [0.2, 0.25) is 0 Å². The third kappa shape index (κ3) is 5.04. The zero-order valence-corrected chi connectivity index (χ0v) is 17.4. The summed E-state index contributed by atoms with van der Waals surface area (Å²) in [6.07, 6.45) is 6.58. The molecule has 3 aromatic rings. The third-order valence-corrected chi connectivity index (χ3v) is 5.55. The molecule has 0 unspecified atom stereocenters. The van der Waals surface area contributed by atoms with Gasteiger partial charge in [-0.15, -0.1) is 0 Å². The van der Waals surface area contributed by atoms with Gasteiger partial charge in [-0.2, -0.15) is 0 Å². The summed E-state index contributed by atoms with van der Waals surface area (Å²) in [5, 5.41) is 3.86. The van der Waals surface area contributed by atoms with Crippen LogP contribution in [0, 0.1) is 6.92 Å². The van der Waals surface area contributed by atoms with Crippen molar-refractivity contribution in [1.29, 1.82) is 0 Å². The fourth-order valence-electron chi connectivity index (χ4n) is 3.83. The second-order valence-corrected chi connectivity index (χ2v) is 7.84. The van der Waals surface area contributed by atoms with E-state index < -0.39 is 19.4 Å². The SMILES string of the molecule is Cc1ncc(-c2cnc3cnc(CC(=O)N4CCC(NC(CF)CF)CC4)cc3c2)o1. The fraction of sp³-hybridized carbons (Fsp3) is 0.455. The lowest BCUT2D eigenvalue weighted by Gasteiger charge is -2.33. The van der Waals surface area contributed by atoms with Crippen LogP contribution in [0.3, 0.4) is 0 Å². The molecular weight excluding hydrogens is 404 g/mol. The Bertz CT molecular complexity index is 1050. The molecule has 164 valence electrons. The molecule has 9 heteroatoms. The van der Waals surface area contributed by atoms with Crippen molar-refractivity contribution in [2.24, 2.45) is 0 Å². The first kappa shape index (κ1) is 21.3. The standard InChI is InChI=1S/C22H25F2N5O2/c1-14-25-13-21(31-14)16-6-15-7-18(26-12-20(15)27-11-16)8-22(30)29-4-2-17(3-5-29)28-19(9-23)10-24/h6-7,11-13,17,19,28H,2-5,8-10H2,1H3. The van der Waals surface area contributed by atoms with Crippen molar-refractivity contribution < 1.29 is 18.0 Å². The highest BCUT2D eigenvalue weighted by Gasteiger charge is 2.25. The van der Waals surface area contributed by atoms with E-state index in [1.165, 1.54) is 0 Å². The number of carbonyl (C=O) groups is 1. The number of hydrogen-bond donors (Lipinski definition) is 1. The topological polar surface area (TPSA) is 84.2 Å². The number of pyridine rings is 2. The van der Waals surface area contributed by atoms with Gasteiger partial charge >= 0.3 is 0 Å². The Balaban J connectivity index is 1.39. The molecular formula is C22H25F2N5O2. The number of alkyl halides is 2. The molecule has 0 aliphatic carbocycles. The first-order valence-corrected chi connectivity index (χ1v) is 10.4. The van der Waals surface area contributed by atoms with E-state index in [2.05, 4.69) is 20.3 Å². The number of hydrogen-bond acceptors (Lipinski definition) is 6. The average molecular weight is 429 g/mol. The first-order chi connectivity index (χ1) is 15.1. The zero-order valence-electron chi connectivity index (χ0n) is 17.4. The highest BCUT2D eigenvalue weighted by atomic mass is 19.1. The lowest BCUT2D eigenvalue weighted by atomic mass is 10.0. The molecule has 1 aliphatic rings. The van der Waals surface area contributed by atoms with E-state index >= 15 is 0 Å². The summed E-state index contributed by atoms with van der Waals surface area (Å²) in [6.45, 7) is 1.45. The van der Waals surface area contributed by atoms with Crippen molar-refractivity contribution in [2.45, 2.75) is 38.3 Å². The van der Waals surface area contributed by atoms with Gasteiger partial charge in [-0.25, -0.2) is 13.8 Å². The Kier molecular flexibility index (Phi) is 6.50. The van der Waals surface area contributed by atoms with Crippen molar-refractivity contribution in [2.75, 3.05) is 26.4 Å². The number of halogens is 2. The predicted molar refractivity (Wildman–Crippen MR) is 112 cm³/mol. The summed E-state index contributed by atoms with van der Waals surface area (Å²) in [7, 11) is 0. The van der Waals surface area contributed by atoms with Crippen molar-refractivity contribution in [3.8, 4) is 11.3 Å². The lowest BCUT2D eigenvalue weighted by Crippen LogP contribution is -2.49. The summed E-state index contributed by atoms with van der Waals surface area (Å²) in [4.78, 5) is 27.4. The maximum atomic E-state index is 12.7. The van der Waals surface area contributed by atoms with Crippen molar-refractivity contribution >= 4 is 16.8 Å². The normalized spacial score (nSPS) is 15.2. The van der Waals surface area contributed by atoms with Crippen LogP contribution in [0.4, 0.5) is 8.78 Å². The number of piperidine rings is 1. The fourth-order valence-corrected chi connectivity index (χ4v) is 3.83. The van der Waals surface area contributed by atoms with Gasteiger partial charge in [0.05, 0.1) is 36.1 Å². The number of aryl methyl sites for hydroxylation is 1. The van der Waals surface area contributed by atoms with Gasteiger partial charge in [-0.3, -0.25) is 14.8 Å². The molecule has 0 aromatic carbocycles. The van der Waals surface area contributed by atoms with Crippen molar-refractivity contribution in [3.05, 3.63) is 42.3 Å². The minimum atomic E-state index is -0.756. The minimum absolute atomic E-state index is 0.00666. The summed E-state index contributed by atoms with van der Waals surface area (Å²) in [5.74, 6) is 1.22. The number of amides is 1. The molecule has 1 aliphatic heterocycles. The van der Waals surface area contributed by atoms with E-state index in [4.69, 9.17) is 4.42 Å². The van der Waals surface area contributed by atoms with Crippen LogP contribution in [0.15, 0.2) is 35.1 Å². The van der Waals surface area contributed by atoms with Crippen LogP contribution in [0.1, 0.15) is 24.4 Å². The van der Waals surface area contributed by atoms with Gasteiger partial charge < -0.3 is 14.6 Å². The van der Waals surface area contributed by atoms with E-state index in [9.17, 15) is 13.6 Å². The van der Waals surface area contributed by atoms with E-state index in [1.807, 2.05) is 12.1 Å². The maximum Gasteiger partial charge on any atom is 0.228 e. The van der Waals surface area contributed by atoms with Crippen LogP contribution in [-0.4, -0.2) is 64.3 Å². The number of rotatable bonds is 7. The number of likely N-dealkylation sites (tertiary alicyclic amines) is 1. The van der Waals surface area contributed by atoms with Gasteiger partial charge in [0.15, 0.2) is 11.7 Å². The largest absolute Gasteiger partial charge is 0.441 e. The van der Waals surface area contributed by atoms with Crippen LogP contribution in [-0.2, 0) is 11.2 Å². The van der Waals surface area contributed by atoms with E-state index in [0.29, 0.717) is 43.3 Å². The zero-order chi connectivity index (χ0) is 21.8. The van der Waals surface area contributed by atoms with Crippen LogP contribution in [0.25, 0.3) is 22.2 Å². The Hall–Kier alpha value is -2.94. The van der Waals surface area contributed by atoms with Gasteiger partial charge in [0.2, 0.25) is 5.91 Å².